The van der Waals surface area contributed by atoms with E-state index >= 15 is 0 Å². The van der Waals surface area contributed by atoms with Crippen LogP contribution in [0.2, 0.25) is 0 Å². The summed E-state index contributed by atoms with van der Waals surface area (Å²) in [7, 11) is 1.19. The number of halogens is 1. The number of benzene rings is 2. The van der Waals surface area contributed by atoms with E-state index in [0.717, 1.165) is 11.3 Å². The Morgan fingerprint density at radius 1 is 1.18 bits per heavy atom. The van der Waals surface area contributed by atoms with E-state index in [1.807, 2.05) is 0 Å². The van der Waals surface area contributed by atoms with E-state index in [1.54, 1.807) is 30.3 Å². The standard InChI is InChI=1S/C23H19FN4O5S/c1-33-22(32)18-19(12-5-4-6-13(24)11-12)34-23(28-18)27-17(29)10-9-16-21(31)25-15-8-3-2-7-14(15)20(30)26-16/h2-8,11,16H,9-10H2,1H3,(H,25,31)(H,26,30)(H,27,28,29)/t16-/m1/s1. The lowest BCUT2D eigenvalue weighted by Crippen LogP contribution is -2.41. The number of esters is 1. The van der Waals surface area contributed by atoms with Gasteiger partial charge in [-0.25, -0.2) is 14.2 Å². The van der Waals surface area contributed by atoms with Crippen LogP contribution in [0.3, 0.4) is 0 Å². The molecule has 3 amide bonds. The van der Waals surface area contributed by atoms with Crippen molar-refractivity contribution in [3.05, 3.63) is 65.6 Å². The predicted molar refractivity (Wildman–Crippen MR) is 123 cm³/mol. The zero-order valence-electron chi connectivity index (χ0n) is 17.9. The van der Waals surface area contributed by atoms with Crippen molar-refractivity contribution in [2.24, 2.45) is 0 Å². The van der Waals surface area contributed by atoms with E-state index in [-0.39, 0.29) is 23.7 Å². The summed E-state index contributed by atoms with van der Waals surface area (Å²) >= 11 is 0.991. The number of hydrogen-bond acceptors (Lipinski definition) is 7. The van der Waals surface area contributed by atoms with Crippen LogP contribution in [0.15, 0.2) is 48.5 Å². The molecule has 4 rings (SSSR count). The van der Waals surface area contributed by atoms with Gasteiger partial charge < -0.3 is 20.7 Å². The topological polar surface area (TPSA) is 126 Å². The summed E-state index contributed by atoms with van der Waals surface area (Å²) in [6, 6.07) is 11.3. The average Bonchev–Trinajstić information content (AvgIpc) is 3.19. The van der Waals surface area contributed by atoms with Crippen molar-refractivity contribution in [3.8, 4) is 10.4 Å². The van der Waals surface area contributed by atoms with E-state index < -0.39 is 35.5 Å². The Bertz CT molecular complexity index is 1290. The highest BCUT2D eigenvalue weighted by molar-refractivity contribution is 7.19. The first-order valence-corrected chi connectivity index (χ1v) is 11.0. The fourth-order valence-electron chi connectivity index (χ4n) is 3.41. The number of para-hydroxylation sites is 1. The largest absolute Gasteiger partial charge is 0.464 e. The van der Waals surface area contributed by atoms with Crippen molar-refractivity contribution in [3.63, 3.8) is 0 Å². The Morgan fingerprint density at radius 3 is 2.74 bits per heavy atom. The van der Waals surface area contributed by atoms with E-state index in [1.165, 1.54) is 25.3 Å². The Labute approximate surface area is 197 Å². The van der Waals surface area contributed by atoms with Gasteiger partial charge in [-0.3, -0.25) is 14.4 Å². The number of ether oxygens (including phenoxy) is 1. The highest BCUT2D eigenvalue weighted by Crippen LogP contribution is 2.34. The highest BCUT2D eigenvalue weighted by Gasteiger charge is 2.28. The lowest BCUT2D eigenvalue weighted by atomic mass is 10.1. The van der Waals surface area contributed by atoms with Gasteiger partial charge in [0, 0.05) is 6.42 Å². The first-order chi connectivity index (χ1) is 16.4. The molecule has 0 saturated heterocycles. The lowest BCUT2D eigenvalue weighted by molar-refractivity contribution is -0.118. The van der Waals surface area contributed by atoms with Gasteiger partial charge in [0.05, 0.1) is 23.2 Å². The van der Waals surface area contributed by atoms with E-state index in [9.17, 15) is 23.6 Å². The maximum absolute atomic E-state index is 13.7. The number of aromatic nitrogens is 1. The van der Waals surface area contributed by atoms with Crippen molar-refractivity contribution in [1.82, 2.24) is 10.3 Å². The van der Waals surface area contributed by atoms with Gasteiger partial charge in [0.25, 0.3) is 5.91 Å². The molecule has 9 nitrogen and oxygen atoms in total. The average molecular weight is 482 g/mol. The predicted octanol–water partition coefficient (Wildman–Crippen LogP) is 3.21. The third-order valence-corrected chi connectivity index (χ3v) is 6.07. The molecule has 174 valence electrons. The minimum absolute atomic E-state index is 0.0450. The summed E-state index contributed by atoms with van der Waals surface area (Å²) in [6.07, 6.45) is -0.0550. The lowest BCUT2D eigenvalue weighted by Gasteiger charge is -2.13. The molecule has 1 aliphatic rings. The van der Waals surface area contributed by atoms with E-state index in [0.29, 0.717) is 21.7 Å². The molecule has 0 saturated carbocycles. The Hall–Kier alpha value is -4.12. The molecule has 2 heterocycles. The van der Waals surface area contributed by atoms with Crippen LogP contribution in [0.4, 0.5) is 15.2 Å². The van der Waals surface area contributed by atoms with Crippen LogP contribution in [0.1, 0.15) is 33.7 Å². The number of hydrogen-bond donors (Lipinski definition) is 3. The van der Waals surface area contributed by atoms with Crippen molar-refractivity contribution >= 4 is 45.8 Å². The van der Waals surface area contributed by atoms with Crippen molar-refractivity contribution in [1.29, 1.82) is 0 Å². The fourth-order valence-corrected chi connectivity index (χ4v) is 4.37. The number of nitrogens with zero attached hydrogens (tertiary/aromatic N) is 1. The van der Waals surface area contributed by atoms with Crippen molar-refractivity contribution in [2.45, 2.75) is 18.9 Å². The number of fused-ring (bicyclic) bond motifs is 1. The van der Waals surface area contributed by atoms with Gasteiger partial charge in [0.2, 0.25) is 11.8 Å². The molecular weight excluding hydrogens is 463 g/mol. The quantitative estimate of drug-likeness (QED) is 0.463. The molecule has 1 atom stereocenters. The van der Waals surface area contributed by atoms with Gasteiger partial charge in [-0.2, -0.15) is 0 Å². The van der Waals surface area contributed by atoms with Crippen molar-refractivity contribution < 1.29 is 28.3 Å². The third kappa shape index (κ3) is 4.94. The van der Waals surface area contributed by atoms with Gasteiger partial charge in [-0.05, 0) is 36.2 Å². The summed E-state index contributed by atoms with van der Waals surface area (Å²) in [5.74, 6) is -2.53. The normalized spacial score (nSPS) is 14.9. The number of methoxy groups -OCH3 is 1. The fraction of sp³-hybridized carbons (Fsp3) is 0.174. The molecule has 1 aliphatic heterocycles. The first kappa shape index (κ1) is 23.1. The second-order valence-electron chi connectivity index (χ2n) is 7.35. The molecule has 34 heavy (non-hydrogen) atoms. The molecule has 2 aromatic carbocycles. The zero-order valence-corrected chi connectivity index (χ0v) is 18.7. The number of anilines is 2. The summed E-state index contributed by atoms with van der Waals surface area (Å²) in [4.78, 5) is 54.0. The second-order valence-corrected chi connectivity index (χ2v) is 8.35. The third-order valence-electron chi connectivity index (χ3n) is 5.05. The number of carbonyl (C=O) groups excluding carboxylic acids is 4. The van der Waals surface area contributed by atoms with E-state index in [4.69, 9.17) is 4.74 Å². The number of nitrogens with one attached hydrogen (secondary N) is 3. The van der Waals surface area contributed by atoms with Gasteiger partial charge >= 0.3 is 5.97 Å². The SMILES string of the molecule is COC(=O)c1nc(NC(=O)CC[C@H]2NC(=O)c3ccccc3NC2=O)sc1-c1cccc(F)c1. The molecule has 0 radical (unpaired) electrons. The van der Waals surface area contributed by atoms with Crippen LogP contribution in [-0.2, 0) is 14.3 Å². The molecule has 0 bridgehead atoms. The smallest absolute Gasteiger partial charge is 0.358 e. The molecule has 11 heteroatoms. The molecule has 3 N–H and O–H groups in total. The van der Waals surface area contributed by atoms with E-state index in [2.05, 4.69) is 20.9 Å². The Kier molecular flexibility index (Phi) is 6.64. The summed E-state index contributed by atoms with van der Waals surface area (Å²) in [6.45, 7) is 0. The molecule has 3 aromatic rings. The van der Waals surface area contributed by atoms with Crippen LogP contribution in [0.5, 0.6) is 0 Å². The molecule has 0 fully saturated rings. The second kappa shape index (κ2) is 9.79. The molecule has 0 spiro atoms. The Balaban J connectivity index is 1.45. The molecular formula is C23H19FN4O5S. The van der Waals surface area contributed by atoms with Crippen LogP contribution in [0, 0.1) is 5.82 Å². The summed E-state index contributed by atoms with van der Waals surface area (Å²) < 4.78 is 18.4. The molecule has 0 aliphatic carbocycles. The maximum Gasteiger partial charge on any atom is 0.358 e. The van der Waals surface area contributed by atoms with Crippen LogP contribution in [-0.4, -0.2) is 41.8 Å². The highest BCUT2D eigenvalue weighted by atomic mass is 32.1. The van der Waals surface area contributed by atoms with Crippen LogP contribution >= 0.6 is 11.3 Å². The van der Waals surface area contributed by atoms with Gasteiger partial charge in [0.1, 0.15) is 11.9 Å². The summed E-state index contributed by atoms with van der Waals surface area (Å²) in [5, 5.41) is 8.01. The van der Waals surface area contributed by atoms with Crippen LogP contribution in [0.25, 0.3) is 10.4 Å². The first-order valence-electron chi connectivity index (χ1n) is 10.2. The van der Waals surface area contributed by atoms with Gasteiger partial charge in [-0.15, -0.1) is 0 Å². The van der Waals surface area contributed by atoms with Gasteiger partial charge in [0.15, 0.2) is 10.8 Å². The molecule has 1 aromatic heterocycles. The number of amides is 3. The molecule has 0 unspecified atom stereocenters. The summed E-state index contributed by atoms with van der Waals surface area (Å²) in [5.41, 5.74) is 1.10. The monoisotopic (exact) mass is 482 g/mol. The Morgan fingerprint density at radius 2 is 1.97 bits per heavy atom. The number of thiazole rings is 1. The van der Waals surface area contributed by atoms with Gasteiger partial charge in [-0.1, -0.05) is 35.6 Å². The van der Waals surface area contributed by atoms with Crippen LogP contribution < -0.4 is 16.0 Å². The van der Waals surface area contributed by atoms with Crippen molar-refractivity contribution in [2.75, 3.05) is 17.7 Å². The minimum Gasteiger partial charge on any atom is -0.464 e. The number of rotatable bonds is 6. The minimum atomic E-state index is -0.907. The zero-order chi connectivity index (χ0) is 24.2. The number of carbonyl (C=O) groups is 4. The maximum atomic E-state index is 13.7.